The van der Waals surface area contributed by atoms with E-state index in [0.29, 0.717) is 12.5 Å². The van der Waals surface area contributed by atoms with E-state index in [9.17, 15) is 5.11 Å². The van der Waals surface area contributed by atoms with Crippen molar-refractivity contribution in [1.29, 1.82) is 0 Å². The summed E-state index contributed by atoms with van der Waals surface area (Å²) in [7, 11) is 1.66. The van der Waals surface area contributed by atoms with Gasteiger partial charge in [-0.25, -0.2) is 14.6 Å². The maximum atomic E-state index is 9.79. The number of fused-ring (bicyclic) bond motifs is 1. The first kappa shape index (κ1) is 20.0. The average molecular weight is 436 g/mol. The molecule has 0 unspecified atom stereocenters. The van der Waals surface area contributed by atoms with Crippen LogP contribution in [0.4, 0.5) is 5.82 Å². The summed E-state index contributed by atoms with van der Waals surface area (Å²) in [5, 5.41) is 20.0. The molecular formula is C23H25N5O2S. The maximum absolute atomic E-state index is 9.79. The molecule has 4 aromatic rings. The van der Waals surface area contributed by atoms with E-state index < -0.39 is 0 Å². The number of rotatable bonds is 6. The lowest BCUT2D eigenvalue weighted by atomic mass is 9.93. The summed E-state index contributed by atoms with van der Waals surface area (Å²) >= 11 is 1.66. The summed E-state index contributed by atoms with van der Waals surface area (Å²) in [5.74, 6) is 2.47. The van der Waals surface area contributed by atoms with Crippen molar-refractivity contribution in [3.63, 3.8) is 0 Å². The Morgan fingerprint density at radius 3 is 2.90 bits per heavy atom. The SMILES string of the molecule is COc1cccc(-n2cc(Cc3nc(NC4CCC(O)CC4)c4sccc4n3)cn2)c1. The number of ether oxygens (including phenoxy) is 1. The molecule has 1 aliphatic rings. The lowest BCUT2D eigenvalue weighted by molar-refractivity contribution is 0.126. The number of aliphatic hydroxyl groups excluding tert-OH is 1. The molecular weight excluding hydrogens is 410 g/mol. The highest BCUT2D eigenvalue weighted by Crippen LogP contribution is 2.29. The van der Waals surface area contributed by atoms with Crippen molar-refractivity contribution in [3.8, 4) is 11.4 Å². The van der Waals surface area contributed by atoms with E-state index in [4.69, 9.17) is 14.7 Å². The number of thiophene rings is 1. The largest absolute Gasteiger partial charge is 0.497 e. The molecule has 160 valence electrons. The summed E-state index contributed by atoms with van der Waals surface area (Å²) < 4.78 is 8.24. The van der Waals surface area contributed by atoms with Crippen LogP contribution in [0.15, 0.2) is 48.1 Å². The van der Waals surface area contributed by atoms with E-state index in [0.717, 1.165) is 64.5 Å². The Morgan fingerprint density at radius 1 is 1.19 bits per heavy atom. The Kier molecular flexibility index (Phi) is 5.57. The van der Waals surface area contributed by atoms with Gasteiger partial charge in [0.15, 0.2) is 0 Å². The fourth-order valence-electron chi connectivity index (χ4n) is 4.03. The number of aliphatic hydroxyl groups is 1. The van der Waals surface area contributed by atoms with E-state index in [1.807, 2.05) is 47.4 Å². The van der Waals surface area contributed by atoms with E-state index in [1.165, 1.54) is 0 Å². The van der Waals surface area contributed by atoms with Crippen LogP contribution < -0.4 is 10.1 Å². The highest BCUT2D eigenvalue weighted by molar-refractivity contribution is 7.17. The van der Waals surface area contributed by atoms with Gasteiger partial charge in [0.05, 0.1) is 35.3 Å². The first-order valence-electron chi connectivity index (χ1n) is 10.5. The van der Waals surface area contributed by atoms with Crippen molar-refractivity contribution < 1.29 is 9.84 Å². The molecule has 0 atom stereocenters. The van der Waals surface area contributed by atoms with E-state index in [1.54, 1.807) is 18.4 Å². The molecule has 0 saturated heterocycles. The highest BCUT2D eigenvalue weighted by atomic mass is 32.1. The number of hydrogen-bond donors (Lipinski definition) is 2. The van der Waals surface area contributed by atoms with Crippen LogP contribution in [0.5, 0.6) is 5.75 Å². The van der Waals surface area contributed by atoms with Gasteiger partial charge >= 0.3 is 0 Å². The number of benzene rings is 1. The van der Waals surface area contributed by atoms with Gasteiger partial charge in [0.25, 0.3) is 0 Å². The van der Waals surface area contributed by atoms with Crippen molar-refractivity contribution in [3.05, 3.63) is 59.5 Å². The molecule has 7 nitrogen and oxygen atoms in total. The van der Waals surface area contributed by atoms with Crippen molar-refractivity contribution in [2.24, 2.45) is 0 Å². The van der Waals surface area contributed by atoms with Crippen molar-refractivity contribution in [2.45, 2.75) is 44.2 Å². The van der Waals surface area contributed by atoms with Gasteiger partial charge in [-0.05, 0) is 54.8 Å². The number of hydrogen-bond acceptors (Lipinski definition) is 7. The zero-order valence-electron chi connectivity index (χ0n) is 17.4. The molecule has 1 fully saturated rings. The minimum absolute atomic E-state index is 0.165. The van der Waals surface area contributed by atoms with Crippen molar-refractivity contribution >= 4 is 27.4 Å². The summed E-state index contributed by atoms with van der Waals surface area (Å²) in [5.41, 5.74) is 2.96. The smallest absolute Gasteiger partial charge is 0.148 e. The number of anilines is 1. The molecule has 1 aromatic carbocycles. The van der Waals surface area contributed by atoms with Crippen LogP contribution in [0.2, 0.25) is 0 Å². The Hall–Kier alpha value is -2.97. The van der Waals surface area contributed by atoms with Crippen LogP contribution in [0.25, 0.3) is 15.9 Å². The van der Waals surface area contributed by atoms with Crippen LogP contribution in [-0.4, -0.2) is 44.1 Å². The number of nitrogens with zero attached hydrogens (tertiary/aromatic N) is 4. The number of nitrogens with one attached hydrogen (secondary N) is 1. The van der Waals surface area contributed by atoms with Crippen molar-refractivity contribution in [1.82, 2.24) is 19.7 Å². The normalized spacial score (nSPS) is 18.9. The van der Waals surface area contributed by atoms with E-state index in [2.05, 4.69) is 15.8 Å². The molecule has 1 saturated carbocycles. The lowest BCUT2D eigenvalue weighted by Gasteiger charge is -2.26. The van der Waals surface area contributed by atoms with Gasteiger partial charge in [0.1, 0.15) is 17.4 Å². The third kappa shape index (κ3) is 4.40. The molecule has 0 spiro atoms. The fourth-order valence-corrected chi connectivity index (χ4v) is 4.81. The lowest BCUT2D eigenvalue weighted by Crippen LogP contribution is -2.28. The summed E-state index contributed by atoms with van der Waals surface area (Å²) in [6.07, 6.45) is 7.90. The van der Waals surface area contributed by atoms with Gasteiger partial charge in [0.2, 0.25) is 0 Å². The van der Waals surface area contributed by atoms with Crippen LogP contribution in [0.1, 0.15) is 37.1 Å². The number of aromatic nitrogens is 4. The van der Waals surface area contributed by atoms with Gasteiger partial charge in [-0.15, -0.1) is 11.3 Å². The van der Waals surface area contributed by atoms with Gasteiger partial charge < -0.3 is 15.2 Å². The molecule has 0 aliphatic heterocycles. The van der Waals surface area contributed by atoms with Crippen LogP contribution in [-0.2, 0) is 6.42 Å². The predicted molar refractivity (Wildman–Crippen MR) is 122 cm³/mol. The molecule has 0 bridgehead atoms. The summed E-state index contributed by atoms with van der Waals surface area (Å²) in [6, 6.07) is 10.2. The highest BCUT2D eigenvalue weighted by Gasteiger charge is 2.21. The Bertz CT molecular complexity index is 1180. The monoisotopic (exact) mass is 435 g/mol. The second-order valence-electron chi connectivity index (χ2n) is 7.94. The molecule has 0 amide bonds. The Morgan fingerprint density at radius 2 is 2.06 bits per heavy atom. The zero-order valence-corrected chi connectivity index (χ0v) is 18.2. The average Bonchev–Trinajstić information content (AvgIpc) is 3.45. The van der Waals surface area contributed by atoms with Crippen LogP contribution in [0.3, 0.4) is 0 Å². The molecule has 3 heterocycles. The zero-order chi connectivity index (χ0) is 21.2. The molecule has 3 aromatic heterocycles. The second kappa shape index (κ2) is 8.64. The van der Waals surface area contributed by atoms with E-state index in [-0.39, 0.29) is 6.10 Å². The van der Waals surface area contributed by atoms with E-state index >= 15 is 0 Å². The molecule has 8 heteroatoms. The molecule has 1 aliphatic carbocycles. The molecule has 2 N–H and O–H groups in total. The molecule has 31 heavy (non-hydrogen) atoms. The first-order valence-corrected chi connectivity index (χ1v) is 11.4. The fraction of sp³-hybridized carbons (Fsp3) is 0.348. The first-order chi connectivity index (χ1) is 15.2. The molecule has 5 rings (SSSR count). The minimum Gasteiger partial charge on any atom is -0.497 e. The standard InChI is InChI=1S/C23H25N5O2S/c1-30-19-4-2-3-17(12-19)28-14-15(13-24-28)11-21-26-20-9-10-31-22(20)23(27-21)25-16-5-7-18(29)8-6-16/h2-4,9-10,12-14,16,18,29H,5-8,11H2,1H3,(H,25,26,27). The van der Waals surface area contributed by atoms with Crippen molar-refractivity contribution in [2.75, 3.05) is 12.4 Å². The third-order valence-corrected chi connectivity index (χ3v) is 6.61. The van der Waals surface area contributed by atoms with Gasteiger partial charge in [-0.2, -0.15) is 5.10 Å². The summed E-state index contributed by atoms with van der Waals surface area (Å²) in [6.45, 7) is 0. The molecule has 0 radical (unpaired) electrons. The van der Waals surface area contributed by atoms with Crippen LogP contribution >= 0.6 is 11.3 Å². The van der Waals surface area contributed by atoms with Crippen LogP contribution in [0, 0.1) is 0 Å². The van der Waals surface area contributed by atoms with Gasteiger partial charge in [-0.1, -0.05) is 6.07 Å². The number of methoxy groups -OCH3 is 1. The predicted octanol–water partition coefficient (Wildman–Crippen LogP) is 4.19. The second-order valence-corrected chi connectivity index (χ2v) is 8.86. The third-order valence-electron chi connectivity index (χ3n) is 5.70. The quantitative estimate of drug-likeness (QED) is 0.472. The summed E-state index contributed by atoms with van der Waals surface area (Å²) in [4.78, 5) is 9.63. The van der Waals surface area contributed by atoms with Gasteiger partial charge in [-0.3, -0.25) is 0 Å². The van der Waals surface area contributed by atoms with Gasteiger partial charge in [0, 0.05) is 24.7 Å². The Labute approximate surface area is 184 Å². The Balaban J connectivity index is 1.38. The maximum Gasteiger partial charge on any atom is 0.148 e. The topological polar surface area (TPSA) is 85.1 Å². The minimum atomic E-state index is -0.165.